The Morgan fingerprint density at radius 1 is 1.53 bits per heavy atom. The van der Waals surface area contributed by atoms with Gasteiger partial charge in [0.1, 0.15) is 0 Å². The Hall–Kier alpha value is -2.12. The molecule has 1 aliphatic heterocycles. The summed E-state index contributed by atoms with van der Waals surface area (Å²) in [5.41, 5.74) is 0. The molecular weight excluding hydrogens is 252 g/mol. The van der Waals surface area contributed by atoms with Gasteiger partial charge in [0.25, 0.3) is 0 Å². The van der Waals surface area contributed by atoms with Crippen LogP contribution in [-0.4, -0.2) is 45.2 Å². The van der Waals surface area contributed by atoms with Crippen LogP contribution in [0.25, 0.3) is 0 Å². The van der Waals surface area contributed by atoms with E-state index in [2.05, 4.69) is 15.5 Å². The summed E-state index contributed by atoms with van der Waals surface area (Å²) in [7, 11) is 0. The number of aliphatic carboxylic acids is 1. The number of hydrogen-bond donors (Lipinski definition) is 2. The lowest BCUT2D eigenvalue weighted by molar-refractivity contribution is -0.142. The second kappa shape index (κ2) is 5.25. The van der Waals surface area contributed by atoms with Gasteiger partial charge in [-0.1, -0.05) is 12.1 Å². The van der Waals surface area contributed by atoms with Crippen molar-refractivity contribution in [2.45, 2.75) is 20.4 Å². The van der Waals surface area contributed by atoms with E-state index in [9.17, 15) is 9.59 Å². The van der Waals surface area contributed by atoms with Crippen molar-refractivity contribution in [2.75, 3.05) is 13.1 Å². The number of hydrogen-bond acceptors (Lipinski definition) is 5. The second-order valence-electron chi connectivity index (χ2n) is 4.72. The van der Waals surface area contributed by atoms with Crippen LogP contribution in [0.1, 0.15) is 18.6 Å². The molecule has 2 N–H and O–H groups in total. The molecule has 104 valence electrons. The van der Waals surface area contributed by atoms with Crippen molar-refractivity contribution in [2.24, 2.45) is 11.8 Å². The Morgan fingerprint density at radius 3 is 2.79 bits per heavy atom. The van der Waals surface area contributed by atoms with Crippen LogP contribution >= 0.6 is 0 Å². The number of nitrogens with one attached hydrogen (secondary N) is 1. The maximum Gasteiger partial charge on any atom is 0.317 e. The minimum absolute atomic E-state index is 0.0473. The predicted molar refractivity (Wildman–Crippen MR) is 63.1 cm³/mol. The zero-order chi connectivity index (χ0) is 14.0. The summed E-state index contributed by atoms with van der Waals surface area (Å²) < 4.78 is 4.87. The first kappa shape index (κ1) is 13.3. The van der Waals surface area contributed by atoms with E-state index in [4.69, 9.17) is 9.63 Å². The van der Waals surface area contributed by atoms with E-state index in [1.165, 1.54) is 4.90 Å². The maximum atomic E-state index is 11.9. The van der Waals surface area contributed by atoms with Crippen LogP contribution in [-0.2, 0) is 11.3 Å². The highest BCUT2D eigenvalue weighted by Crippen LogP contribution is 2.22. The number of likely N-dealkylation sites (tertiary alicyclic amines) is 1. The number of carboxylic acids is 1. The highest BCUT2D eigenvalue weighted by atomic mass is 16.5. The SMILES string of the molecule is Cc1noc(CNC(=O)N2C[C@@H](C)[C@H](C(=O)O)C2)n1. The third-order valence-electron chi connectivity index (χ3n) is 3.18. The number of carboxylic acid groups (broad SMARTS) is 1. The molecule has 0 aliphatic carbocycles. The minimum Gasteiger partial charge on any atom is -0.481 e. The molecule has 0 unspecified atom stereocenters. The van der Waals surface area contributed by atoms with Crippen LogP contribution in [0.15, 0.2) is 4.52 Å². The fraction of sp³-hybridized carbons (Fsp3) is 0.636. The molecule has 0 saturated carbocycles. The number of amides is 2. The molecule has 2 heterocycles. The summed E-state index contributed by atoms with van der Waals surface area (Å²) >= 11 is 0. The van der Waals surface area contributed by atoms with Crippen LogP contribution < -0.4 is 5.32 Å². The molecule has 1 saturated heterocycles. The molecule has 1 aromatic rings. The molecule has 2 rings (SSSR count). The predicted octanol–water partition coefficient (Wildman–Crippen LogP) is 0.240. The van der Waals surface area contributed by atoms with Gasteiger partial charge in [-0.05, 0) is 12.8 Å². The van der Waals surface area contributed by atoms with Crippen LogP contribution in [0.2, 0.25) is 0 Å². The lowest BCUT2D eigenvalue weighted by Crippen LogP contribution is -2.38. The van der Waals surface area contributed by atoms with Crippen molar-refractivity contribution in [3.05, 3.63) is 11.7 Å². The number of carbonyl (C=O) groups is 2. The third kappa shape index (κ3) is 3.01. The average molecular weight is 268 g/mol. The smallest absolute Gasteiger partial charge is 0.317 e. The Labute approximate surface area is 109 Å². The molecule has 2 atom stereocenters. The molecule has 1 fully saturated rings. The molecule has 8 heteroatoms. The monoisotopic (exact) mass is 268 g/mol. The number of urea groups is 1. The van der Waals surface area contributed by atoms with Gasteiger partial charge in [0.05, 0.1) is 12.5 Å². The number of nitrogens with zero attached hydrogens (tertiary/aromatic N) is 3. The van der Waals surface area contributed by atoms with Crippen molar-refractivity contribution < 1.29 is 19.2 Å². The lowest BCUT2D eigenvalue weighted by atomic mass is 9.99. The van der Waals surface area contributed by atoms with Crippen molar-refractivity contribution >= 4 is 12.0 Å². The molecular formula is C11H16N4O4. The first-order chi connectivity index (χ1) is 8.97. The van der Waals surface area contributed by atoms with Crippen molar-refractivity contribution in [1.29, 1.82) is 0 Å². The van der Waals surface area contributed by atoms with Gasteiger partial charge in [0, 0.05) is 13.1 Å². The largest absolute Gasteiger partial charge is 0.481 e. The van der Waals surface area contributed by atoms with Crippen molar-refractivity contribution in [3.8, 4) is 0 Å². The Bertz CT molecular complexity index is 487. The highest BCUT2D eigenvalue weighted by molar-refractivity contribution is 5.77. The van der Waals surface area contributed by atoms with Crippen LogP contribution in [0.3, 0.4) is 0 Å². The molecule has 19 heavy (non-hydrogen) atoms. The molecule has 0 radical (unpaired) electrons. The van der Waals surface area contributed by atoms with Gasteiger partial charge in [0.15, 0.2) is 5.82 Å². The first-order valence-electron chi connectivity index (χ1n) is 6.02. The van der Waals surface area contributed by atoms with E-state index in [1.807, 2.05) is 6.92 Å². The van der Waals surface area contributed by atoms with E-state index in [0.717, 1.165) is 0 Å². The van der Waals surface area contributed by atoms with Crippen molar-refractivity contribution in [1.82, 2.24) is 20.4 Å². The third-order valence-corrected chi connectivity index (χ3v) is 3.18. The van der Waals surface area contributed by atoms with Gasteiger partial charge >= 0.3 is 12.0 Å². The summed E-state index contributed by atoms with van der Waals surface area (Å²) in [5.74, 6) is -0.585. The Morgan fingerprint density at radius 2 is 2.26 bits per heavy atom. The molecule has 0 bridgehead atoms. The van der Waals surface area contributed by atoms with Crippen LogP contribution in [0.5, 0.6) is 0 Å². The highest BCUT2D eigenvalue weighted by Gasteiger charge is 2.36. The van der Waals surface area contributed by atoms with E-state index in [-0.39, 0.29) is 25.0 Å². The number of aromatic nitrogens is 2. The standard InChI is InChI=1S/C11H16N4O4/c1-6-4-15(5-8(6)10(16)17)11(18)12-3-9-13-7(2)14-19-9/h6,8H,3-5H2,1-2H3,(H,12,18)(H,16,17)/t6-,8-/m1/s1. The molecule has 0 spiro atoms. The average Bonchev–Trinajstić information content (AvgIpc) is 2.92. The van der Waals surface area contributed by atoms with E-state index in [1.54, 1.807) is 6.92 Å². The van der Waals surface area contributed by atoms with Gasteiger partial charge in [-0.3, -0.25) is 4.79 Å². The van der Waals surface area contributed by atoms with Gasteiger partial charge in [0.2, 0.25) is 5.89 Å². The molecule has 0 aromatic carbocycles. The van der Waals surface area contributed by atoms with Crippen LogP contribution in [0.4, 0.5) is 4.79 Å². The van der Waals surface area contributed by atoms with Gasteiger partial charge in [-0.2, -0.15) is 4.98 Å². The number of rotatable bonds is 3. The van der Waals surface area contributed by atoms with Crippen LogP contribution in [0, 0.1) is 18.8 Å². The quantitative estimate of drug-likeness (QED) is 0.812. The van der Waals surface area contributed by atoms with Crippen molar-refractivity contribution in [3.63, 3.8) is 0 Å². The lowest BCUT2D eigenvalue weighted by Gasteiger charge is -2.15. The summed E-state index contributed by atoms with van der Waals surface area (Å²) in [6, 6.07) is -0.313. The second-order valence-corrected chi connectivity index (χ2v) is 4.72. The summed E-state index contributed by atoms with van der Waals surface area (Å²) in [5, 5.41) is 15.2. The molecule has 2 amide bonds. The molecule has 1 aromatic heterocycles. The molecule has 1 aliphatic rings. The maximum absolute atomic E-state index is 11.9. The Kier molecular flexibility index (Phi) is 3.68. The number of carbonyl (C=O) groups excluding carboxylic acids is 1. The topological polar surface area (TPSA) is 109 Å². The summed E-state index contributed by atoms with van der Waals surface area (Å²) in [6.45, 7) is 4.32. The number of aryl methyl sites for hydroxylation is 1. The van der Waals surface area contributed by atoms with Gasteiger partial charge in [-0.25, -0.2) is 4.79 Å². The fourth-order valence-electron chi connectivity index (χ4n) is 2.13. The summed E-state index contributed by atoms with van der Waals surface area (Å²) in [6.07, 6.45) is 0. The van der Waals surface area contributed by atoms with Gasteiger partial charge < -0.3 is 19.8 Å². The minimum atomic E-state index is -0.865. The van der Waals surface area contributed by atoms with E-state index < -0.39 is 11.9 Å². The zero-order valence-electron chi connectivity index (χ0n) is 10.8. The van der Waals surface area contributed by atoms with E-state index in [0.29, 0.717) is 18.3 Å². The first-order valence-corrected chi connectivity index (χ1v) is 6.02. The fourth-order valence-corrected chi connectivity index (χ4v) is 2.13. The molecule has 8 nitrogen and oxygen atoms in total. The summed E-state index contributed by atoms with van der Waals surface area (Å²) in [4.78, 5) is 28.3. The van der Waals surface area contributed by atoms with Gasteiger partial charge in [-0.15, -0.1) is 0 Å². The normalized spacial score (nSPS) is 22.5. The Balaban J connectivity index is 1.86. The zero-order valence-corrected chi connectivity index (χ0v) is 10.8. The van der Waals surface area contributed by atoms with E-state index >= 15 is 0 Å².